The Bertz CT molecular complexity index is 455. The number of hydrogen-bond donors (Lipinski definition) is 2. The van der Waals surface area contributed by atoms with Crippen LogP contribution in [0.1, 0.15) is 20.8 Å². The average molecular weight is 297 g/mol. The van der Waals surface area contributed by atoms with Crippen molar-refractivity contribution in [2.24, 2.45) is 17.3 Å². The average Bonchev–Trinajstić information content (AvgIpc) is 3.01. The lowest BCUT2D eigenvalue weighted by atomic mass is 10.1. The first-order chi connectivity index (χ1) is 9.80. The molecule has 0 radical (unpaired) electrons. The lowest BCUT2D eigenvalue weighted by Crippen LogP contribution is -2.53. The second-order valence-corrected chi connectivity index (χ2v) is 6.26. The summed E-state index contributed by atoms with van der Waals surface area (Å²) in [6.07, 6.45) is 0. The summed E-state index contributed by atoms with van der Waals surface area (Å²) in [4.78, 5) is 38.7. The molecule has 1 heterocycles. The number of hydrogen-bond acceptors (Lipinski definition) is 3. The topological polar surface area (TPSA) is 90.0 Å². The summed E-state index contributed by atoms with van der Waals surface area (Å²) >= 11 is 0. The van der Waals surface area contributed by atoms with Crippen molar-refractivity contribution in [3.05, 3.63) is 0 Å². The number of carboxylic acids is 1. The van der Waals surface area contributed by atoms with Crippen LogP contribution in [0.2, 0.25) is 0 Å². The Balaban J connectivity index is 1.90. The lowest BCUT2D eigenvalue weighted by Gasteiger charge is -2.35. The van der Waals surface area contributed by atoms with Crippen LogP contribution >= 0.6 is 0 Å². The van der Waals surface area contributed by atoms with Gasteiger partial charge in [-0.1, -0.05) is 13.8 Å². The second-order valence-electron chi connectivity index (χ2n) is 6.26. The molecule has 3 amide bonds. The first-order valence-electron chi connectivity index (χ1n) is 7.35. The summed E-state index contributed by atoms with van der Waals surface area (Å²) < 4.78 is 0. The van der Waals surface area contributed by atoms with Gasteiger partial charge in [0.1, 0.15) is 0 Å². The number of carboxylic acid groups (broad SMARTS) is 1. The van der Waals surface area contributed by atoms with E-state index in [1.807, 2.05) is 20.8 Å². The van der Waals surface area contributed by atoms with Gasteiger partial charge in [-0.3, -0.25) is 9.59 Å². The van der Waals surface area contributed by atoms with Crippen molar-refractivity contribution >= 4 is 17.9 Å². The summed E-state index contributed by atoms with van der Waals surface area (Å²) in [5.41, 5.74) is -0.473. The van der Waals surface area contributed by atoms with Crippen LogP contribution in [0.4, 0.5) is 4.79 Å². The van der Waals surface area contributed by atoms with Gasteiger partial charge in [0, 0.05) is 32.7 Å². The maximum Gasteiger partial charge on any atom is 0.317 e. The molecule has 0 aromatic rings. The molecule has 7 heteroatoms. The van der Waals surface area contributed by atoms with Gasteiger partial charge in [-0.15, -0.1) is 0 Å². The van der Waals surface area contributed by atoms with Crippen LogP contribution in [-0.2, 0) is 9.59 Å². The minimum absolute atomic E-state index is 0.0945. The number of nitrogens with zero attached hydrogens (tertiary/aromatic N) is 2. The molecule has 1 saturated heterocycles. The highest BCUT2D eigenvalue weighted by Crippen LogP contribution is 2.59. The molecule has 0 aromatic heterocycles. The molecule has 2 N–H and O–H groups in total. The van der Waals surface area contributed by atoms with Crippen LogP contribution in [0.5, 0.6) is 0 Å². The molecule has 2 atom stereocenters. The third-order valence-corrected chi connectivity index (χ3v) is 4.57. The normalized spacial score (nSPS) is 27.2. The van der Waals surface area contributed by atoms with Crippen molar-refractivity contribution in [2.45, 2.75) is 20.8 Å². The van der Waals surface area contributed by atoms with Gasteiger partial charge in [0.05, 0.1) is 11.8 Å². The number of aliphatic carboxylic acids is 1. The first kappa shape index (κ1) is 15.6. The molecule has 0 unspecified atom stereocenters. The molecule has 118 valence electrons. The third kappa shape index (κ3) is 2.82. The number of piperazine rings is 1. The number of rotatable bonds is 3. The summed E-state index contributed by atoms with van der Waals surface area (Å²) in [5, 5.41) is 11.9. The molecule has 0 bridgehead atoms. The molecule has 1 aliphatic carbocycles. The Morgan fingerprint density at radius 1 is 1.10 bits per heavy atom. The Morgan fingerprint density at radius 3 is 2.05 bits per heavy atom. The third-order valence-electron chi connectivity index (χ3n) is 4.57. The Kier molecular flexibility index (Phi) is 4.11. The molecular formula is C14H23N3O4. The first-order valence-corrected chi connectivity index (χ1v) is 7.35. The van der Waals surface area contributed by atoms with Crippen molar-refractivity contribution in [2.75, 3.05) is 32.7 Å². The van der Waals surface area contributed by atoms with Crippen molar-refractivity contribution in [1.29, 1.82) is 0 Å². The molecule has 2 fully saturated rings. The van der Waals surface area contributed by atoms with Crippen molar-refractivity contribution in [3.63, 3.8) is 0 Å². The molecule has 7 nitrogen and oxygen atoms in total. The van der Waals surface area contributed by atoms with Gasteiger partial charge in [-0.05, 0) is 12.3 Å². The molecule has 0 aromatic carbocycles. The van der Waals surface area contributed by atoms with Gasteiger partial charge < -0.3 is 20.2 Å². The largest absolute Gasteiger partial charge is 0.481 e. The van der Waals surface area contributed by atoms with E-state index in [2.05, 4.69) is 5.32 Å². The molecule has 1 aliphatic heterocycles. The predicted molar refractivity (Wildman–Crippen MR) is 75.6 cm³/mol. The summed E-state index contributed by atoms with van der Waals surface area (Å²) in [5.74, 6) is -2.03. The molecule has 2 aliphatic rings. The number of carbonyl (C=O) groups excluding carboxylic acids is 2. The predicted octanol–water partition coefficient (Wildman–Crippen LogP) is 0.217. The molecule has 0 spiro atoms. The zero-order chi connectivity index (χ0) is 15.8. The monoisotopic (exact) mass is 297 g/mol. The highest BCUT2D eigenvalue weighted by Gasteiger charge is 2.66. The van der Waals surface area contributed by atoms with Gasteiger partial charge >= 0.3 is 12.0 Å². The zero-order valence-electron chi connectivity index (χ0n) is 12.8. The summed E-state index contributed by atoms with van der Waals surface area (Å²) in [6, 6.07) is -0.111. The maximum atomic E-state index is 12.4. The van der Waals surface area contributed by atoms with Gasteiger partial charge in [0.25, 0.3) is 0 Å². The van der Waals surface area contributed by atoms with Gasteiger partial charge in [0.2, 0.25) is 5.91 Å². The standard InChI is InChI=1S/C14H23N3O4/c1-4-15-13(21)17-7-5-16(6-8-17)11(18)9-10(12(19)20)14(9,2)3/h9-10H,4-8H2,1-3H3,(H,15,21)(H,19,20)/t9-,10+/m1/s1. The van der Waals surface area contributed by atoms with E-state index in [4.69, 9.17) is 5.11 Å². The Labute approximate surface area is 124 Å². The highest BCUT2D eigenvalue weighted by atomic mass is 16.4. The van der Waals surface area contributed by atoms with Crippen molar-refractivity contribution < 1.29 is 19.5 Å². The number of carbonyl (C=O) groups is 3. The second kappa shape index (κ2) is 5.54. The van der Waals surface area contributed by atoms with Crippen LogP contribution in [0.25, 0.3) is 0 Å². The summed E-state index contributed by atoms with van der Waals surface area (Å²) in [7, 11) is 0. The number of nitrogens with one attached hydrogen (secondary N) is 1. The fourth-order valence-corrected chi connectivity index (χ4v) is 3.15. The van der Waals surface area contributed by atoms with E-state index in [0.717, 1.165) is 0 Å². The SMILES string of the molecule is CCNC(=O)N1CCN(C(=O)[C@H]2[C@@H](C(=O)O)C2(C)C)CC1. The van der Waals surface area contributed by atoms with E-state index < -0.39 is 23.2 Å². The molecular weight excluding hydrogens is 274 g/mol. The number of urea groups is 1. The van der Waals surface area contributed by atoms with Crippen molar-refractivity contribution in [3.8, 4) is 0 Å². The fourth-order valence-electron chi connectivity index (χ4n) is 3.15. The van der Waals surface area contributed by atoms with Gasteiger partial charge in [-0.2, -0.15) is 0 Å². The smallest absolute Gasteiger partial charge is 0.317 e. The Hall–Kier alpha value is -1.79. The van der Waals surface area contributed by atoms with E-state index in [0.29, 0.717) is 32.7 Å². The van der Waals surface area contributed by atoms with E-state index in [1.54, 1.807) is 9.80 Å². The minimum Gasteiger partial charge on any atom is -0.481 e. The van der Waals surface area contributed by atoms with Crippen LogP contribution in [-0.4, -0.2) is 65.5 Å². The molecule has 1 saturated carbocycles. The van der Waals surface area contributed by atoms with Crippen molar-refractivity contribution in [1.82, 2.24) is 15.1 Å². The van der Waals surface area contributed by atoms with Crippen LogP contribution in [0, 0.1) is 17.3 Å². The maximum absolute atomic E-state index is 12.4. The molecule has 2 rings (SSSR count). The van der Waals surface area contributed by atoms with Crippen LogP contribution in [0.3, 0.4) is 0 Å². The summed E-state index contributed by atoms with van der Waals surface area (Å²) in [6.45, 7) is 7.99. The number of amides is 3. The van der Waals surface area contributed by atoms with E-state index >= 15 is 0 Å². The minimum atomic E-state index is -0.903. The highest BCUT2D eigenvalue weighted by molar-refractivity contribution is 5.91. The fraction of sp³-hybridized carbons (Fsp3) is 0.786. The zero-order valence-corrected chi connectivity index (χ0v) is 12.8. The molecule has 21 heavy (non-hydrogen) atoms. The quantitative estimate of drug-likeness (QED) is 0.779. The van der Waals surface area contributed by atoms with E-state index in [-0.39, 0.29) is 11.9 Å². The Morgan fingerprint density at radius 2 is 1.62 bits per heavy atom. The van der Waals surface area contributed by atoms with E-state index in [9.17, 15) is 14.4 Å². The van der Waals surface area contributed by atoms with Crippen LogP contribution in [0.15, 0.2) is 0 Å². The van der Waals surface area contributed by atoms with Crippen LogP contribution < -0.4 is 5.32 Å². The lowest BCUT2D eigenvalue weighted by molar-refractivity contribution is -0.142. The van der Waals surface area contributed by atoms with Gasteiger partial charge in [-0.25, -0.2) is 4.79 Å². The van der Waals surface area contributed by atoms with Gasteiger partial charge in [0.15, 0.2) is 0 Å². The van der Waals surface area contributed by atoms with E-state index in [1.165, 1.54) is 0 Å².